The maximum Gasteiger partial charge on any atom is 0.235 e. The van der Waals surface area contributed by atoms with E-state index < -0.39 is 21.1 Å². The second-order valence-corrected chi connectivity index (χ2v) is 7.83. The zero-order valence-corrected chi connectivity index (χ0v) is 13.4. The Morgan fingerprint density at radius 3 is 2.35 bits per heavy atom. The molecular weight excluding hydrogens is 317 g/mol. The number of carbonyl (C=O) groups excluding carboxylic acids is 1. The average Bonchev–Trinajstić information content (AvgIpc) is 3.31. The fourth-order valence-electron chi connectivity index (χ4n) is 2.60. The predicted molar refractivity (Wildman–Crippen MR) is 85.5 cm³/mol. The van der Waals surface area contributed by atoms with Crippen molar-refractivity contribution >= 4 is 21.4 Å². The van der Waals surface area contributed by atoms with Crippen LogP contribution >= 0.6 is 0 Å². The molecule has 1 fully saturated rings. The van der Waals surface area contributed by atoms with Gasteiger partial charge in [-0.2, -0.15) is 0 Å². The number of hydrogen-bond acceptors (Lipinski definition) is 3. The Bertz CT molecular complexity index is 859. The van der Waals surface area contributed by atoms with Crippen LogP contribution in [0.25, 0.3) is 0 Å². The minimum absolute atomic E-state index is 0.0289. The van der Waals surface area contributed by atoms with Gasteiger partial charge >= 0.3 is 0 Å². The topological polar surface area (TPSA) is 63.2 Å². The zero-order chi connectivity index (χ0) is 16.7. The molecule has 0 bridgehead atoms. The number of hydrogen-bond donors (Lipinski definition) is 1. The first-order valence-corrected chi connectivity index (χ1v) is 9.09. The van der Waals surface area contributed by atoms with Crippen molar-refractivity contribution < 1.29 is 17.6 Å². The monoisotopic (exact) mass is 333 g/mol. The summed E-state index contributed by atoms with van der Waals surface area (Å²) in [5.41, 5.74) is 0.131. The molecule has 0 heterocycles. The van der Waals surface area contributed by atoms with Crippen LogP contribution in [-0.2, 0) is 20.0 Å². The molecule has 1 saturated carbocycles. The largest absolute Gasteiger partial charge is 0.323 e. The lowest BCUT2D eigenvalue weighted by molar-refractivity contribution is -0.118. The fourth-order valence-corrected chi connectivity index (χ4v) is 3.25. The normalized spacial score (nSPS) is 15.9. The Balaban J connectivity index is 1.90. The average molecular weight is 333 g/mol. The lowest BCUT2D eigenvalue weighted by atomic mass is 9.95. The molecule has 2 aromatic carbocycles. The van der Waals surface area contributed by atoms with Crippen molar-refractivity contribution in [2.45, 2.75) is 23.2 Å². The van der Waals surface area contributed by atoms with Gasteiger partial charge in [0.1, 0.15) is 5.82 Å². The van der Waals surface area contributed by atoms with Gasteiger partial charge in [0.05, 0.1) is 16.0 Å². The molecule has 1 N–H and O–H groups in total. The summed E-state index contributed by atoms with van der Waals surface area (Å²) >= 11 is 0. The van der Waals surface area contributed by atoms with Gasteiger partial charge in [-0.3, -0.25) is 4.79 Å². The van der Waals surface area contributed by atoms with Crippen LogP contribution in [0, 0.1) is 5.82 Å². The lowest BCUT2D eigenvalue weighted by Gasteiger charge is -2.16. The number of rotatable bonds is 4. The Morgan fingerprint density at radius 1 is 1.13 bits per heavy atom. The van der Waals surface area contributed by atoms with E-state index in [4.69, 9.17) is 0 Å². The maximum atomic E-state index is 13.9. The molecule has 0 aromatic heterocycles. The SMILES string of the molecule is CS(=O)(=O)c1ccc(F)c(NC(=O)C2(c3ccccc3)CC2)c1. The molecule has 3 rings (SSSR count). The smallest absolute Gasteiger partial charge is 0.235 e. The summed E-state index contributed by atoms with van der Waals surface area (Å²) in [4.78, 5) is 12.6. The minimum Gasteiger partial charge on any atom is -0.323 e. The highest BCUT2D eigenvalue weighted by molar-refractivity contribution is 7.90. The Kier molecular flexibility index (Phi) is 3.72. The van der Waals surface area contributed by atoms with E-state index in [0.29, 0.717) is 12.8 Å². The summed E-state index contributed by atoms with van der Waals surface area (Å²) in [5.74, 6) is -0.970. The van der Waals surface area contributed by atoms with E-state index in [-0.39, 0.29) is 16.5 Å². The maximum absolute atomic E-state index is 13.9. The van der Waals surface area contributed by atoms with Gasteiger partial charge in [0, 0.05) is 6.26 Å². The lowest BCUT2D eigenvalue weighted by Crippen LogP contribution is -2.28. The van der Waals surface area contributed by atoms with E-state index in [2.05, 4.69) is 5.32 Å². The molecule has 0 radical (unpaired) electrons. The van der Waals surface area contributed by atoms with Crippen molar-refractivity contribution in [3.63, 3.8) is 0 Å². The molecule has 120 valence electrons. The molecule has 2 aromatic rings. The van der Waals surface area contributed by atoms with Crippen molar-refractivity contribution in [3.05, 3.63) is 59.9 Å². The van der Waals surface area contributed by atoms with Gasteiger partial charge in [-0.15, -0.1) is 0 Å². The summed E-state index contributed by atoms with van der Waals surface area (Å²) in [6.45, 7) is 0. The van der Waals surface area contributed by atoms with Crippen molar-refractivity contribution in [2.24, 2.45) is 0 Å². The molecule has 6 heteroatoms. The van der Waals surface area contributed by atoms with E-state index in [9.17, 15) is 17.6 Å². The molecule has 0 atom stereocenters. The van der Waals surface area contributed by atoms with Crippen LogP contribution in [-0.4, -0.2) is 20.6 Å². The van der Waals surface area contributed by atoms with E-state index in [1.807, 2.05) is 30.3 Å². The second-order valence-electron chi connectivity index (χ2n) is 5.82. The van der Waals surface area contributed by atoms with Crippen molar-refractivity contribution in [2.75, 3.05) is 11.6 Å². The molecule has 4 nitrogen and oxygen atoms in total. The number of amides is 1. The van der Waals surface area contributed by atoms with E-state index in [0.717, 1.165) is 24.0 Å². The highest BCUT2D eigenvalue weighted by Crippen LogP contribution is 2.49. The molecule has 0 unspecified atom stereocenters. The third-order valence-corrected chi connectivity index (χ3v) is 5.24. The number of sulfone groups is 1. The van der Waals surface area contributed by atoms with Crippen LogP contribution in [0.4, 0.5) is 10.1 Å². The van der Waals surface area contributed by atoms with Crippen LogP contribution in [0.5, 0.6) is 0 Å². The van der Waals surface area contributed by atoms with Gasteiger partial charge in [-0.05, 0) is 36.6 Å². The molecular formula is C17H16FNO3S. The standard InChI is InChI=1S/C17H16FNO3S/c1-23(21,22)13-7-8-14(18)15(11-13)19-16(20)17(9-10-17)12-5-3-2-4-6-12/h2-8,11H,9-10H2,1H3,(H,19,20). The molecule has 0 aliphatic heterocycles. The first kappa shape index (κ1) is 15.7. The summed E-state index contributed by atoms with van der Waals surface area (Å²) in [6, 6.07) is 12.7. The number of anilines is 1. The van der Waals surface area contributed by atoms with Crippen LogP contribution in [0.2, 0.25) is 0 Å². The first-order chi connectivity index (χ1) is 10.8. The highest BCUT2D eigenvalue weighted by Gasteiger charge is 2.51. The van der Waals surface area contributed by atoms with Crippen molar-refractivity contribution in [1.82, 2.24) is 0 Å². The summed E-state index contributed by atoms with van der Waals surface area (Å²) in [6.07, 6.45) is 2.42. The van der Waals surface area contributed by atoms with E-state index >= 15 is 0 Å². The first-order valence-electron chi connectivity index (χ1n) is 7.19. The van der Waals surface area contributed by atoms with E-state index in [1.54, 1.807) is 0 Å². The molecule has 1 aliphatic rings. The second kappa shape index (κ2) is 5.45. The summed E-state index contributed by atoms with van der Waals surface area (Å²) < 4.78 is 37.1. The highest BCUT2D eigenvalue weighted by atomic mass is 32.2. The van der Waals surface area contributed by atoms with Gasteiger partial charge < -0.3 is 5.32 Å². The fraction of sp³-hybridized carbons (Fsp3) is 0.235. The predicted octanol–water partition coefficient (Wildman–Crippen LogP) is 2.90. The van der Waals surface area contributed by atoms with Gasteiger partial charge in [0.15, 0.2) is 9.84 Å². The number of halogens is 1. The molecule has 0 spiro atoms. The molecule has 23 heavy (non-hydrogen) atoms. The Morgan fingerprint density at radius 2 is 1.78 bits per heavy atom. The van der Waals surface area contributed by atoms with Crippen LogP contribution in [0.3, 0.4) is 0 Å². The van der Waals surface area contributed by atoms with Crippen LogP contribution in [0.1, 0.15) is 18.4 Å². The Labute approximate surface area is 134 Å². The van der Waals surface area contributed by atoms with Gasteiger partial charge in [0.25, 0.3) is 0 Å². The van der Waals surface area contributed by atoms with Crippen molar-refractivity contribution in [3.8, 4) is 0 Å². The summed E-state index contributed by atoms with van der Waals surface area (Å²) in [7, 11) is -3.47. The third kappa shape index (κ3) is 2.99. The minimum atomic E-state index is -3.47. The van der Waals surface area contributed by atoms with Crippen molar-refractivity contribution in [1.29, 1.82) is 0 Å². The van der Waals surface area contributed by atoms with Crippen LogP contribution < -0.4 is 5.32 Å². The van der Waals surface area contributed by atoms with Gasteiger partial charge in [0.2, 0.25) is 5.91 Å². The number of benzene rings is 2. The van der Waals surface area contributed by atoms with E-state index in [1.165, 1.54) is 6.07 Å². The number of carbonyl (C=O) groups is 1. The van der Waals surface area contributed by atoms with Gasteiger partial charge in [-0.25, -0.2) is 12.8 Å². The third-order valence-electron chi connectivity index (χ3n) is 4.13. The van der Waals surface area contributed by atoms with Gasteiger partial charge in [-0.1, -0.05) is 30.3 Å². The Hall–Kier alpha value is -2.21. The molecule has 0 saturated heterocycles. The zero-order valence-electron chi connectivity index (χ0n) is 12.5. The quantitative estimate of drug-likeness (QED) is 0.875. The molecule has 1 amide bonds. The summed E-state index contributed by atoms with van der Waals surface area (Å²) in [5, 5.41) is 2.55. The molecule has 1 aliphatic carbocycles. The number of nitrogens with one attached hydrogen (secondary N) is 1. The van der Waals surface area contributed by atoms with Crippen LogP contribution in [0.15, 0.2) is 53.4 Å².